The van der Waals surface area contributed by atoms with Crippen LogP contribution in [-0.2, 0) is 4.79 Å². The highest BCUT2D eigenvalue weighted by Crippen LogP contribution is 2.18. The number of amides is 1. The third-order valence-corrected chi connectivity index (χ3v) is 1.36. The van der Waals surface area contributed by atoms with Crippen molar-refractivity contribution in [3.8, 4) is 0 Å². The molecule has 0 bridgehead atoms. The van der Waals surface area contributed by atoms with Gasteiger partial charge in [0.25, 0.3) is 0 Å². The lowest BCUT2D eigenvalue weighted by molar-refractivity contribution is -0.153. The van der Waals surface area contributed by atoms with Gasteiger partial charge in [0.15, 0.2) is 0 Å². The molecule has 0 saturated heterocycles. The predicted molar refractivity (Wildman–Crippen MR) is 46.8 cm³/mol. The number of carbonyl (C=O) groups is 1. The first-order chi connectivity index (χ1) is 6.31. The zero-order valence-electron chi connectivity index (χ0n) is 8.24. The van der Waals surface area contributed by atoms with Gasteiger partial charge in [0, 0.05) is 19.1 Å². The van der Waals surface area contributed by atoms with Crippen molar-refractivity contribution < 1.29 is 18.0 Å². The van der Waals surface area contributed by atoms with E-state index in [9.17, 15) is 18.0 Å². The third kappa shape index (κ3) is 9.31. The number of carbonyl (C=O) groups excluding carboxylic acids is 1. The lowest BCUT2D eigenvalue weighted by Gasteiger charge is -2.10. The van der Waals surface area contributed by atoms with Crippen molar-refractivity contribution in [3.05, 3.63) is 0 Å². The second-order valence-electron chi connectivity index (χ2n) is 3.25. The fourth-order valence-electron chi connectivity index (χ4n) is 0.807. The Hall–Kier alpha value is -0.780. The van der Waals surface area contributed by atoms with Crippen molar-refractivity contribution in [1.82, 2.24) is 10.6 Å². The maximum absolute atomic E-state index is 11.7. The summed E-state index contributed by atoms with van der Waals surface area (Å²) >= 11 is 0. The molecule has 0 spiro atoms. The minimum Gasteiger partial charge on any atom is -0.355 e. The highest BCUT2D eigenvalue weighted by Gasteiger charge is 2.30. The quantitative estimate of drug-likeness (QED) is 0.669. The second kappa shape index (κ2) is 5.85. The van der Waals surface area contributed by atoms with E-state index in [-0.39, 0.29) is 12.6 Å². The molecule has 2 N–H and O–H groups in total. The molecule has 0 aliphatic rings. The maximum Gasteiger partial charge on any atom is 0.397 e. The van der Waals surface area contributed by atoms with E-state index >= 15 is 0 Å². The molecule has 0 aliphatic heterocycles. The van der Waals surface area contributed by atoms with Gasteiger partial charge in [-0.2, -0.15) is 13.2 Å². The minimum absolute atomic E-state index is 0.215. The number of hydrogen-bond acceptors (Lipinski definition) is 2. The number of hydrogen-bond donors (Lipinski definition) is 2. The molecule has 0 heterocycles. The number of rotatable bonds is 5. The van der Waals surface area contributed by atoms with Gasteiger partial charge in [0.2, 0.25) is 5.91 Å². The second-order valence-corrected chi connectivity index (χ2v) is 3.25. The molecule has 0 aliphatic carbocycles. The van der Waals surface area contributed by atoms with Gasteiger partial charge in [-0.1, -0.05) is 13.8 Å². The van der Waals surface area contributed by atoms with E-state index in [1.165, 1.54) is 0 Å². The van der Waals surface area contributed by atoms with E-state index < -0.39 is 18.5 Å². The number of nitrogens with one attached hydrogen (secondary N) is 2. The monoisotopic (exact) mass is 212 g/mol. The van der Waals surface area contributed by atoms with Crippen LogP contribution >= 0.6 is 0 Å². The van der Waals surface area contributed by atoms with E-state index in [1.54, 1.807) is 0 Å². The largest absolute Gasteiger partial charge is 0.397 e. The first kappa shape index (κ1) is 13.2. The lowest BCUT2D eigenvalue weighted by atomic mass is 10.3. The smallest absolute Gasteiger partial charge is 0.355 e. The Kier molecular flexibility index (Phi) is 5.52. The van der Waals surface area contributed by atoms with E-state index in [0.29, 0.717) is 6.54 Å². The zero-order valence-corrected chi connectivity index (χ0v) is 8.24. The Bertz CT molecular complexity index is 180. The molecule has 84 valence electrons. The number of alkyl halides is 3. The Labute approximate surface area is 81.1 Å². The molecule has 0 radical (unpaired) electrons. The normalized spacial score (nSPS) is 11.9. The van der Waals surface area contributed by atoms with Gasteiger partial charge in [-0.05, 0) is 0 Å². The zero-order chi connectivity index (χ0) is 11.2. The van der Waals surface area contributed by atoms with Gasteiger partial charge in [-0.15, -0.1) is 0 Å². The van der Waals surface area contributed by atoms with E-state index in [2.05, 4.69) is 10.6 Å². The first-order valence-corrected chi connectivity index (χ1v) is 4.38. The molecule has 0 aromatic heterocycles. The molecule has 0 rings (SSSR count). The molecular formula is C8H15F3N2O. The van der Waals surface area contributed by atoms with Gasteiger partial charge in [-0.25, -0.2) is 0 Å². The van der Waals surface area contributed by atoms with Crippen LogP contribution in [0.1, 0.15) is 20.3 Å². The molecule has 0 aromatic carbocycles. The molecule has 0 atom stereocenters. The molecule has 0 fully saturated rings. The van der Waals surface area contributed by atoms with Crippen molar-refractivity contribution in [3.63, 3.8) is 0 Å². The standard InChI is InChI=1S/C8H15F3N2O/c1-6(2)12-3-4-13-7(14)5-8(9,10)11/h6,12H,3-5H2,1-2H3,(H,13,14). The number of halogens is 3. The molecule has 3 nitrogen and oxygen atoms in total. The SMILES string of the molecule is CC(C)NCCNC(=O)CC(F)(F)F. The van der Waals surface area contributed by atoms with Crippen LogP contribution in [0, 0.1) is 0 Å². The highest BCUT2D eigenvalue weighted by atomic mass is 19.4. The van der Waals surface area contributed by atoms with E-state index in [1.807, 2.05) is 13.8 Å². The summed E-state index contributed by atoms with van der Waals surface area (Å²) in [5, 5.41) is 5.14. The lowest BCUT2D eigenvalue weighted by Crippen LogP contribution is -2.36. The summed E-state index contributed by atoms with van der Waals surface area (Å²) in [7, 11) is 0. The van der Waals surface area contributed by atoms with Crippen LogP contribution in [0.3, 0.4) is 0 Å². The topological polar surface area (TPSA) is 41.1 Å². The summed E-state index contributed by atoms with van der Waals surface area (Å²) in [5.74, 6) is -0.983. The summed E-state index contributed by atoms with van der Waals surface area (Å²) in [4.78, 5) is 10.6. The van der Waals surface area contributed by atoms with Crippen LogP contribution in [0.25, 0.3) is 0 Å². The molecule has 14 heavy (non-hydrogen) atoms. The third-order valence-electron chi connectivity index (χ3n) is 1.36. The maximum atomic E-state index is 11.7. The Morgan fingerprint density at radius 3 is 2.29 bits per heavy atom. The van der Waals surface area contributed by atoms with Gasteiger partial charge < -0.3 is 10.6 Å². The average molecular weight is 212 g/mol. The molecule has 0 unspecified atom stereocenters. The van der Waals surface area contributed by atoms with E-state index in [4.69, 9.17) is 0 Å². The van der Waals surface area contributed by atoms with Gasteiger partial charge in [-0.3, -0.25) is 4.79 Å². The van der Waals surface area contributed by atoms with Crippen molar-refractivity contribution in [2.75, 3.05) is 13.1 Å². The van der Waals surface area contributed by atoms with Crippen molar-refractivity contribution in [1.29, 1.82) is 0 Å². The summed E-state index contributed by atoms with van der Waals surface area (Å²) in [6, 6.07) is 0.259. The highest BCUT2D eigenvalue weighted by molar-refractivity contribution is 5.76. The Morgan fingerprint density at radius 2 is 1.86 bits per heavy atom. The fraction of sp³-hybridized carbons (Fsp3) is 0.875. The fourth-order valence-corrected chi connectivity index (χ4v) is 0.807. The van der Waals surface area contributed by atoms with Gasteiger partial charge >= 0.3 is 6.18 Å². The molecule has 1 amide bonds. The first-order valence-electron chi connectivity index (χ1n) is 4.38. The van der Waals surface area contributed by atoms with Crippen LogP contribution in [0.15, 0.2) is 0 Å². The van der Waals surface area contributed by atoms with Crippen LogP contribution in [-0.4, -0.2) is 31.2 Å². The van der Waals surface area contributed by atoms with Crippen LogP contribution in [0.4, 0.5) is 13.2 Å². The average Bonchev–Trinajstić information content (AvgIpc) is 1.94. The molecule has 0 aromatic rings. The molecular weight excluding hydrogens is 197 g/mol. The van der Waals surface area contributed by atoms with Gasteiger partial charge in [0.05, 0.1) is 0 Å². The summed E-state index contributed by atoms with van der Waals surface area (Å²) in [5.41, 5.74) is 0. The minimum atomic E-state index is -4.42. The Morgan fingerprint density at radius 1 is 1.29 bits per heavy atom. The van der Waals surface area contributed by atoms with Crippen LogP contribution < -0.4 is 10.6 Å². The van der Waals surface area contributed by atoms with E-state index in [0.717, 1.165) is 0 Å². The van der Waals surface area contributed by atoms with Crippen molar-refractivity contribution >= 4 is 5.91 Å². The van der Waals surface area contributed by atoms with Crippen molar-refractivity contribution in [2.24, 2.45) is 0 Å². The summed E-state index contributed by atoms with van der Waals surface area (Å²) in [6.45, 7) is 4.52. The summed E-state index contributed by atoms with van der Waals surface area (Å²) < 4.78 is 35.0. The summed E-state index contributed by atoms with van der Waals surface area (Å²) in [6.07, 6.45) is -5.83. The Balaban J connectivity index is 3.46. The predicted octanol–water partition coefficient (Wildman–Crippen LogP) is 1.05. The molecule has 0 saturated carbocycles. The molecule has 6 heteroatoms. The van der Waals surface area contributed by atoms with Crippen molar-refractivity contribution in [2.45, 2.75) is 32.5 Å². The van der Waals surface area contributed by atoms with Crippen LogP contribution in [0.2, 0.25) is 0 Å². The van der Waals surface area contributed by atoms with Crippen LogP contribution in [0.5, 0.6) is 0 Å². The van der Waals surface area contributed by atoms with Gasteiger partial charge in [0.1, 0.15) is 6.42 Å².